The van der Waals surface area contributed by atoms with Crippen LogP contribution in [0.2, 0.25) is 0 Å². The van der Waals surface area contributed by atoms with Gasteiger partial charge in [-0.25, -0.2) is 8.42 Å². The number of hydrogen-bond donors (Lipinski definition) is 0. The van der Waals surface area contributed by atoms with E-state index in [-0.39, 0.29) is 11.5 Å². The van der Waals surface area contributed by atoms with E-state index in [2.05, 4.69) is 0 Å². The minimum Gasteiger partial charge on any atom is -0.298 e. The summed E-state index contributed by atoms with van der Waals surface area (Å²) >= 11 is 0. The normalized spacial score (nSPS) is 21.4. The second-order valence-corrected chi connectivity index (χ2v) is 6.68. The van der Waals surface area contributed by atoms with Gasteiger partial charge in [-0.05, 0) is 18.4 Å². The second-order valence-electron chi connectivity index (χ2n) is 4.49. The molecule has 92 valence electrons. The Hall–Kier alpha value is -1.16. The lowest BCUT2D eigenvalue weighted by atomic mass is 9.99. The monoisotopic (exact) mass is 252 g/mol. The molecule has 1 aliphatic carbocycles. The highest BCUT2D eigenvalue weighted by Gasteiger charge is 2.33. The third-order valence-electron chi connectivity index (χ3n) is 3.14. The van der Waals surface area contributed by atoms with Crippen molar-refractivity contribution in [3.8, 4) is 0 Å². The molecule has 1 aromatic carbocycles. The van der Waals surface area contributed by atoms with Crippen molar-refractivity contribution >= 4 is 15.6 Å². The minimum atomic E-state index is -3.34. The highest BCUT2D eigenvalue weighted by atomic mass is 32.2. The largest absolute Gasteiger partial charge is 0.298 e. The third-order valence-corrected chi connectivity index (χ3v) is 5.24. The van der Waals surface area contributed by atoms with Gasteiger partial charge in [-0.3, -0.25) is 4.79 Å². The standard InChI is InChI=1S/C13H16O3S/c14-12-8-4-5-9-13(12)17(15,16)10-11-6-2-1-3-7-11/h1-3,6-7,13H,4-5,8-10H2. The Morgan fingerprint density at radius 3 is 2.47 bits per heavy atom. The van der Waals surface area contributed by atoms with Gasteiger partial charge in [-0.1, -0.05) is 36.8 Å². The van der Waals surface area contributed by atoms with Crippen LogP contribution in [0.3, 0.4) is 0 Å². The Labute approximate surface area is 102 Å². The van der Waals surface area contributed by atoms with Gasteiger partial charge in [-0.15, -0.1) is 0 Å². The number of Topliss-reactive ketones (excluding diaryl/α,β-unsaturated/α-hetero) is 1. The first-order chi connectivity index (χ1) is 8.09. The van der Waals surface area contributed by atoms with Gasteiger partial charge in [0, 0.05) is 6.42 Å². The zero-order valence-electron chi connectivity index (χ0n) is 9.63. The van der Waals surface area contributed by atoms with Crippen molar-refractivity contribution in [1.82, 2.24) is 0 Å². The van der Waals surface area contributed by atoms with Crippen molar-refractivity contribution in [2.24, 2.45) is 0 Å². The zero-order chi connectivity index (χ0) is 12.3. The summed E-state index contributed by atoms with van der Waals surface area (Å²) in [7, 11) is -3.34. The summed E-state index contributed by atoms with van der Waals surface area (Å²) in [5.74, 6) is -0.128. The van der Waals surface area contributed by atoms with Gasteiger partial charge in [0.15, 0.2) is 15.6 Å². The fourth-order valence-electron chi connectivity index (χ4n) is 2.24. The maximum Gasteiger partial charge on any atom is 0.164 e. The Balaban J connectivity index is 2.16. The molecule has 0 N–H and O–H groups in total. The van der Waals surface area contributed by atoms with Crippen LogP contribution in [0.25, 0.3) is 0 Å². The van der Waals surface area contributed by atoms with Crippen LogP contribution >= 0.6 is 0 Å². The first kappa shape index (κ1) is 12.3. The van der Waals surface area contributed by atoms with Crippen LogP contribution in [0.5, 0.6) is 0 Å². The van der Waals surface area contributed by atoms with Crippen molar-refractivity contribution in [2.75, 3.05) is 0 Å². The number of sulfone groups is 1. The van der Waals surface area contributed by atoms with Crippen molar-refractivity contribution < 1.29 is 13.2 Å². The number of rotatable bonds is 3. The molecule has 0 aliphatic heterocycles. The quantitative estimate of drug-likeness (QED) is 0.828. The number of benzene rings is 1. The predicted molar refractivity (Wildman–Crippen MR) is 66.3 cm³/mol. The highest BCUT2D eigenvalue weighted by molar-refractivity contribution is 7.92. The smallest absolute Gasteiger partial charge is 0.164 e. The van der Waals surface area contributed by atoms with Crippen LogP contribution in [0.4, 0.5) is 0 Å². The van der Waals surface area contributed by atoms with Gasteiger partial charge in [-0.2, -0.15) is 0 Å². The lowest BCUT2D eigenvalue weighted by Gasteiger charge is -2.20. The third kappa shape index (κ3) is 2.94. The molecule has 4 heteroatoms. The van der Waals surface area contributed by atoms with E-state index in [1.807, 2.05) is 18.2 Å². The van der Waals surface area contributed by atoms with Crippen LogP contribution in [-0.4, -0.2) is 19.5 Å². The summed E-state index contributed by atoms with van der Waals surface area (Å²) in [6.07, 6.45) is 2.58. The van der Waals surface area contributed by atoms with E-state index < -0.39 is 15.1 Å². The molecule has 2 rings (SSSR count). The molecule has 0 radical (unpaired) electrons. The summed E-state index contributed by atoms with van der Waals surface area (Å²) in [4.78, 5) is 11.7. The molecule has 1 atom stereocenters. The van der Waals surface area contributed by atoms with Crippen LogP contribution in [0.1, 0.15) is 31.2 Å². The molecule has 17 heavy (non-hydrogen) atoms. The summed E-state index contributed by atoms with van der Waals surface area (Å²) in [5, 5.41) is -0.767. The molecule has 0 spiro atoms. The SMILES string of the molecule is O=C1CCCCC1S(=O)(=O)Cc1ccccc1. The molecule has 0 aromatic heterocycles. The Morgan fingerprint density at radius 2 is 1.82 bits per heavy atom. The van der Waals surface area contributed by atoms with Crippen LogP contribution in [0, 0.1) is 0 Å². The van der Waals surface area contributed by atoms with Gasteiger partial charge >= 0.3 is 0 Å². The predicted octanol–water partition coefficient (Wildman–Crippen LogP) is 2.11. The molecular weight excluding hydrogens is 236 g/mol. The molecule has 0 saturated heterocycles. The molecule has 0 amide bonds. The lowest BCUT2D eigenvalue weighted by Crippen LogP contribution is -2.33. The summed E-state index contributed by atoms with van der Waals surface area (Å²) < 4.78 is 24.3. The zero-order valence-corrected chi connectivity index (χ0v) is 10.4. The first-order valence-electron chi connectivity index (χ1n) is 5.88. The van der Waals surface area contributed by atoms with E-state index in [0.29, 0.717) is 12.8 Å². The van der Waals surface area contributed by atoms with Gasteiger partial charge < -0.3 is 0 Å². The summed E-state index contributed by atoms with van der Waals surface area (Å²) in [6.45, 7) is 0. The van der Waals surface area contributed by atoms with Gasteiger partial charge in [0.2, 0.25) is 0 Å². The Kier molecular flexibility index (Phi) is 3.62. The molecule has 3 nitrogen and oxygen atoms in total. The van der Waals surface area contributed by atoms with Crippen molar-refractivity contribution in [1.29, 1.82) is 0 Å². The van der Waals surface area contributed by atoms with E-state index in [1.165, 1.54) is 0 Å². The van der Waals surface area contributed by atoms with Gasteiger partial charge in [0.05, 0.1) is 5.75 Å². The number of carbonyl (C=O) groups excluding carboxylic acids is 1. The molecule has 1 aromatic rings. The van der Waals surface area contributed by atoms with Crippen LogP contribution in [-0.2, 0) is 20.4 Å². The lowest BCUT2D eigenvalue weighted by molar-refractivity contribution is -0.119. The molecule has 0 heterocycles. The Morgan fingerprint density at radius 1 is 1.12 bits per heavy atom. The van der Waals surface area contributed by atoms with Crippen LogP contribution < -0.4 is 0 Å². The van der Waals surface area contributed by atoms with Crippen LogP contribution in [0.15, 0.2) is 30.3 Å². The molecule has 1 aliphatic rings. The number of carbonyl (C=O) groups is 1. The second kappa shape index (κ2) is 5.00. The number of ketones is 1. The average Bonchev–Trinajstić information content (AvgIpc) is 2.30. The average molecular weight is 252 g/mol. The molecule has 1 unspecified atom stereocenters. The van der Waals surface area contributed by atoms with Gasteiger partial charge in [0.1, 0.15) is 5.25 Å². The fourth-order valence-corrected chi connectivity index (χ4v) is 4.14. The molecular formula is C13H16O3S. The first-order valence-corrected chi connectivity index (χ1v) is 7.59. The van der Waals surface area contributed by atoms with E-state index in [4.69, 9.17) is 0 Å². The van der Waals surface area contributed by atoms with Gasteiger partial charge in [0.25, 0.3) is 0 Å². The Bertz CT molecular complexity index is 491. The maximum atomic E-state index is 12.1. The highest BCUT2D eigenvalue weighted by Crippen LogP contribution is 2.23. The minimum absolute atomic E-state index is 0.0236. The van der Waals surface area contributed by atoms with E-state index in [1.54, 1.807) is 12.1 Å². The molecule has 1 fully saturated rings. The maximum absolute atomic E-state index is 12.1. The fraction of sp³-hybridized carbons (Fsp3) is 0.462. The van der Waals surface area contributed by atoms with E-state index in [9.17, 15) is 13.2 Å². The summed E-state index contributed by atoms with van der Waals surface area (Å²) in [5.41, 5.74) is 0.755. The van der Waals surface area contributed by atoms with E-state index in [0.717, 1.165) is 18.4 Å². The van der Waals surface area contributed by atoms with Crippen molar-refractivity contribution in [3.63, 3.8) is 0 Å². The number of hydrogen-bond acceptors (Lipinski definition) is 3. The van der Waals surface area contributed by atoms with Crippen molar-refractivity contribution in [3.05, 3.63) is 35.9 Å². The summed E-state index contributed by atoms with van der Waals surface area (Å²) in [6, 6.07) is 9.04. The van der Waals surface area contributed by atoms with Crippen molar-refractivity contribution in [2.45, 2.75) is 36.7 Å². The molecule has 0 bridgehead atoms. The van der Waals surface area contributed by atoms with E-state index >= 15 is 0 Å². The molecule has 1 saturated carbocycles. The topological polar surface area (TPSA) is 51.2 Å².